The van der Waals surface area contributed by atoms with Crippen molar-refractivity contribution in [2.24, 2.45) is 0 Å². The van der Waals surface area contributed by atoms with Gasteiger partial charge in [-0.1, -0.05) is 15.9 Å². The molecular formula is C18H20BrN3O3. The zero-order valence-electron chi connectivity index (χ0n) is 13.9. The highest BCUT2D eigenvalue weighted by Gasteiger charge is 2.20. The fourth-order valence-corrected chi connectivity index (χ4v) is 2.82. The number of carbonyl (C=O) groups excluding carboxylic acids is 1. The molecule has 1 fully saturated rings. The van der Waals surface area contributed by atoms with E-state index in [0.29, 0.717) is 24.5 Å². The maximum Gasteiger partial charge on any atom is 0.256 e. The van der Waals surface area contributed by atoms with Crippen LogP contribution in [0.1, 0.15) is 10.4 Å². The average molecular weight is 406 g/mol. The minimum absolute atomic E-state index is 0.00443. The van der Waals surface area contributed by atoms with E-state index in [0.717, 1.165) is 17.6 Å². The number of aromatic nitrogens is 1. The van der Waals surface area contributed by atoms with Crippen LogP contribution in [-0.2, 0) is 4.74 Å². The number of amides is 1. The number of rotatable bonds is 5. The summed E-state index contributed by atoms with van der Waals surface area (Å²) in [6.45, 7) is 2.85. The van der Waals surface area contributed by atoms with Gasteiger partial charge in [-0.2, -0.15) is 0 Å². The molecule has 2 heterocycles. The highest BCUT2D eigenvalue weighted by molar-refractivity contribution is 9.10. The van der Waals surface area contributed by atoms with Crippen LogP contribution < -0.4 is 10.1 Å². The lowest BCUT2D eigenvalue weighted by Crippen LogP contribution is -2.45. The normalized spacial score (nSPS) is 17.9. The Labute approximate surface area is 155 Å². The second kappa shape index (κ2) is 8.42. The van der Waals surface area contributed by atoms with Gasteiger partial charge in [0.05, 0.1) is 12.7 Å². The summed E-state index contributed by atoms with van der Waals surface area (Å²) in [6.07, 6.45) is 1.60. The first kappa shape index (κ1) is 17.8. The van der Waals surface area contributed by atoms with Crippen molar-refractivity contribution in [3.63, 3.8) is 0 Å². The number of pyridine rings is 1. The molecule has 0 radical (unpaired) electrons. The van der Waals surface area contributed by atoms with Gasteiger partial charge >= 0.3 is 0 Å². The number of hydrogen-bond donors (Lipinski definition) is 1. The Balaban J connectivity index is 1.65. The van der Waals surface area contributed by atoms with Gasteiger partial charge in [0.25, 0.3) is 5.91 Å². The van der Waals surface area contributed by atoms with Crippen LogP contribution in [0.25, 0.3) is 0 Å². The molecule has 1 atom stereocenters. The molecule has 2 aromatic rings. The highest BCUT2D eigenvalue weighted by atomic mass is 79.9. The van der Waals surface area contributed by atoms with Crippen molar-refractivity contribution in [3.05, 3.63) is 52.6 Å². The first-order valence-corrected chi connectivity index (χ1v) is 8.88. The fourth-order valence-electron chi connectivity index (χ4n) is 2.55. The second-order valence-electron chi connectivity index (χ2n) is 5.88. The molecule has 1 aliphatic heterocycles. The fraction of sp³-hybridized carbons (Fsp3) is 0.333. The van der Waals surface area contributed by atoms with Crippen molar-refractivity contribution >= 4 is 21.8 Å². The number of nitrogens with zero attached hydrogens (tertiary/aromatic N) is 2. The van der Waals surface area contributed by atoms with E-state index in [9.17, 15) is 4.79 Å². The molecule has 1 aromatic heterocycles. The van der Waals surface area contributed by atoms with Crippen molar-refractivity contribution in [1.82, 2.24) is 15.2 Å². The van der Waals surface area contributed by atoms with E-state index in [1.54, 1.807) is 18.3 Å². The summed E-state index contributed by atoms with van der Waals surface area (Å²) in [5.41, 5.74) is 0.398. The number of likely N-dealkylation sites (N-methyl/N-ethyl adjacent to an activating group) is 1. The summed E-state index contributed by atoms with van der Waals surface area (Å²) < 4.78 is 12.4. The van der Waals surface area contributed by atoms with Gasteiger partial charge in [-0.3, -0.25) is 4.79 Å². The molecule has 0 saturated carbocycles. The third kappa shape index (κ3) is 5.01. The van der Waals surface area contributed by atoms with Crippen LogP contribution in [0.15, 0.2) is 47.1 Å². The Morgan fingerprint density at radius 1 is 1.40 bits per heavy atom. The maximum atomic E-state index is 12.5. The molecule has 1 amide bonds. The first-order chi connectivity index (χ1) is 12.1. The van der Waals surface area contributed by atoms with Crippen LogP contribution in [0.5, 0.6) is 11.6 Å². The maximum absolute atomic E-state index is 12.5. The standard InChI is InChI=1S/C18H20BrN3O3/c1-22-9-10-24-15(12-22)11-21-17(23)16-3-2-8-20-18(16)25-14-6-4-13(19)5-7-14/h2-8,15H,9-12H2,1H3,(H,21,23). The summed E-state index contributed by atoms with van der Waals surface area (Å²) >= 11 is 3.38. The minimum atomic E-state index is -0.225. The lowest BCUT2D eigenvalue weighted by molar-refractivity contribution is -0.0175. The van der Waals surface area contributed by atoms with Gasteiger partial charge in [0.15, 0.2) is 0 Å². The highest BCUT2D eigenvalue weighted by Crippen LogP contribution is 2.24. The van der Waals surface area contributed by atoms with Gasteiger partial charge < -0.3 is 19.7 Å². The van der Waals surface area contributed by atoms with Gasteiger partial charge in [0.2, 0.25) is 5.88 Å². The molecule has 1 unspecified atom stereocenters. The molecule has 1 saturated heterocycles. The minimum Gasteiger partial charge on any atom is -0.438 e. The van der Waals surface area contributed by atoms with Gasteiger partial charge in [0, 0.05) is 30.3 Å². The third-order valence-corrected chi connectivity index (χ3v) is 4.40. The van der Waals surface area contributed by atoms with Crippen LogP contribution in [0.2, 0.25) is 0 Å². The molecule has 7 heteroatoms. The van der Waals surface area contributed by atoms with Crippen molar-refractivity contribution in [2.75, 3.05) is 33.3 Å². The van der Waals surface area contributed by atoms with Gasteiger partial charge in [0.1, 0.15) is 11.3 Å². The molecule has 6 nitrogen and oxygen atoms in total. The second-order valence-corrected chi connectivity index (χ2v) is 6.79. The smallest absolute Gasteiger partial charge is 0.256 e. The molecule has 1 aliphatic rings. The Morgan fingerprint density at radius 3 is 2.96 bits per heavy atom. The third-order valence-electron chi connectivity index (χ3n) is 3.88. The lowest BCUT2D eigenvalue weighted by atomic mass is 10.2. The van der Waals surface area contributed by atoms with Crippen LogP contribution >= 0.6 is 15.9 Å². The van der Waals surface area contributed by atoms with E-state index in [1.165, 1.54) is 0 Å². The molecule has 1 aromatic carbocycles. The number of nitrogens with one attached hydrogen (secondary N) is 1. The first-order valence-electron chi connectivity index (χ1n) is 8.08. The van der Waals surface area contributed by atoms with E-state index in [-0.39, 0.29) is 17.9 Å². The van der Waals surface area contributed by atoms with E-state index in [4.69, 9.17) is 9.47 Å². The van der Waals surface area contributed by atoms with Crippen LogP contribution in [0, 0.1) is 0 Å². The molecular weight excluding hydrogens is 386 g/mol. The number of ether oxygens (including phenoxy) is 2. The molecule has 0 spiro atoms. The van der Waals surface area contributed by atoms with Crippen molar-refractivity contribution in [2.45, 2.75) is 6.10 Å². The summed E-state index contributed by atoms with van der Waals surface area (Å²) in [5, 5.41) is 2.91. The summed E-state index contributed by atoms with van der Waals surface area (Å²) in [6, 6.07) is 10.8. The quantitative estimate of drug-likeness (QED) is 0.828. The predicted molar refractivity (Wildman–Crippen MR) is 98.0 cm³/mol. The van der Waals surface area contributed by atoms with E-state index >= 15 is 0 Å². The molecule has 1 N–H and O–H groups in total. The zero-order valence-corrected chi connectivity index (χ0v) is 15.5. The number of halogens is 1. The Morgan fingerprint density at radius 2 is 2.20 bits per heavy atom. The van der Waals surface area contributed by atoms with Gasteiger partial charge in [-0.05, 0) is 43.4 Å². The molecule has 25 heavy (non-hydrogen) atoms. The van der Waals surface area contributed by atoms with Gasteiger partial charge in [-0.15, -0.1) is 0 Å². The van der Waals surface area contributed by atoms with Crippen LogP contribution in [0.3, 0.4) is 0 Å². The van der Waals surface area contributed by atoms with Gasteiger partial charge in [-0.25, -0.2) is 4.98 Å². The van der Waals surface area contributed by atoms with E-state index in [1.807, 2.05) is 31.3 Å². The van der Waals surface area contributed by atoms with Crippen LogP contribution in [-0.4, -0.2) is 55.2 Å². The molecule has 132 valence electrons. The number of carbonyl (C=O) groups is 1. The average Bonchev–Trinajstić information content (AvgIpc) is 2.62. The number of morpholine rings is 1. The SMILES string of the molecule is CN1CCOC(CNC(=O)c2cccnc2Oc2ccc(Br)cc2)C1. The topological polar surface area (TPSA) is 63.7 Å². The summed E-state index contributed by atoms with van der Waals surface area (Å²) in [4.78, 5) is 18.9. The zero-order chi connectivity index (χ0) is 17.6. The largest absolute Gasteiger partial charge is 0.438 e. The molecule has 0 bridgehead atoms. The Bertz CT molecular complexity index is 724. The monoisotopic (exact) mass is 405 g/mol. The van der Waals surface area contributed by atoms with Crippen molar-refractivity contribution < 1.29 is 14.3 Å². The van der Waals surface area contributed by atoms with Crippen molar-refractivity contribution in [3.8, 4) is 11.6 Å². The van der Waals surface area contributed by atoms with E-state index in [2.05, 4.69) is 31.1 Å². The Kier molecular flexibility index (Phi) is 6.01. The summed E-state index contributed by atoms with van der Waals surface area (Å²) in [7, 11) is 2.04. The lowest BCUT2D eigenvalue weighted by Gasteiger charge is -2.30. The van der Waals surface area contributed by atoms with Crippen molar-refractivity contribution in [1.29, 1.82) is 0 Å². The molecule has 0 aliphatic carbocycles. The van der Waals surface area contributed by atoms with E-state index < -0.39 is 0 Å². The predicted octanol–water partition coefficient (Wildman–Crippen LogP) is 2.70. The summed E-state index contributed by atoms with van der Waals surface area (Å²) in [5.74, 6) is 0.675. The number of benzene rings is 1. The van der Waals surface area contributed by atoms with Crippen LogP contribution in [0.4, 0.5) is 0 Å². The number of hydrogen-bond acceptors (Lipinski definition) is 5. The Hall–Kier alpha value is -1.96. The molecule has 3 rings (SSSR count).